The van der Waals surface area contributed by atoms with Gasteiger partial charge in [-0.1, -0.05) is 58.7 Å². The zero-order valence-electron chi connectivity index (χ0n) is 14.1. The van der Waals surface area contributed by atoms with Crippen LogP contribution in [0.5, 0.6) is 0 Å². The van der Waals surface area contributed by atoms with E-state index in [1.807, 2.05) is 60.7 Å². The Morgan fingerprint density at radius 3 is 1.67 bits per heavy atom. The number of carbonyl (C=O) groups excluding carboxylic acids is 1. The smallest absolute Gasteiger partial charge is 0.195 e. The Hall–Kier alpha value is -1.10. The van der Waals surface area contributed by atoms with Crippen molar-refractivity contribution < 1.29 is 4.79 Å². The monoisotopic (exact) mass is 452 g/mol. The standard InChI is InChI=1S/C21H15Cl3OS2/c22-15-3-1-14(2-4-15)20(26-18-9-5-16(23)6-10-18)13-21(25)27-19-11-7-17(24)8-12-19/h1-12,20H,13H2. The average molecular weight is 454 g/mol. The predicted molar refractivity (Wildman–Crippen MR) is 118 cm³/mol. The van der Waals surface area contributed by atoms with Gasteiger partial charge in [-0.25, -0.2) is 0 Å². The summed E-state index contributed by atoms with van der Waals surface area (Å²) >= 11 is 20.8. The predicted octanol–water partition coefficient (Wildman–Crippen LogP) is 8.19. The van der Waals surface area contributed by atoms with Crippen LogP contribution < -0.4 is 0 Å². The van der Waals surface area contributed by atoms with Gasteiger partial charge in [0.25, 0.3) is 0 Å². The lowest BCUT2D eigenvalue weighted by molar-refractivity contribution is -0.111. The third-order valence-corrected chi connectivity index (χ3v) is 6.66. The lowest BCUT2D eigenvalue weighted by Gasteiger charge is -2.16. The number of halogens is 3. The number of rotatable bonds is 6. The Kier molecular flexibility index (Phi) is 7.57. The molecule has 27 heavy (non-hydrogen) atoms. The van der Waals surface area contributed by atoms with Gasteiger partial charge in [0.15, 0.2) is 5.12 Å². The van der Waals surface area contributed by atoms with E-state index in [1.165, 1.54) is 11.8 Å². The van der Waals surface area contributed by atoms with E-state index >= 15 is 0 Å². The van der Waals surface area contributed by atoms with Gasteiger partial charge in [-0.15, -0.1) is 11.8 Å². The van der Waals surface area contributed by atoms with Crippen molar-refractivity contribution in [2.45, 2.75) is 21.5 Å². The number of benzene rings is 3. The quantitative estimate of drug-likeness (QED) is 0.350. The first-order valence-electron chi connectivity index (χ1n) is 8.13. The van der Waals surface area contributed by atoms with E-state index in [2.05, 4.69) is 0 Å². The maximum atomic E-state index is 12.7. The van der Waals surface area contributed by atoms with Crippen LogP contribution in [0.3, 0.4) is 0 Å². The first kappa shape index (κ1) is 20.6. The zero-order valence-corrected chi connectivity index (χ0v) is 18.0. The van der Waals surface area contributed by atoms with Crippen LogP contribution in [-0.2, 0) is 4.79 Å². The molecular weight excluding hydrogens is 439 g/mol. The molecule has 0 N–H and O–H groups in total. The molecular formula is C21H15Cl3OS2. The van der Waals surface area contributed by atoms with Crippen LogP contribution in [0.4, 0.5) is 0 Å². The van der Waals surface area contributed by atoms with Crippen LogP contribution >= 0.6 is 58.3 Å². The number of thioether (sulfide) groups is 2. The van der Waals surface area contributed by atoms with Crippen molar-refractivity contribution in [1.29, 1.82) is 0 Å². The summed E-state index contributed by atoms with van der Waals surface area (Å²) in [7, 11) is 0. The average Bonchev–Trinajstić information content (AvgIpc) is 2.65. The van der Waals surface area contributed by atoms with Gasteiger partial charge in [-0.05, 0) is 66.2 Å². The highest BCUT2D eigenvalue weighted by Crippen LogP contribution is 2.40. The van der Waals surface area contributed by atoms with Gasteiger partial charge < -0.3 is 0 Å². The fraction of sp³-hybridized carbons (Fsp3) is 0.0952. The molecule has 0 fully saturated rings. The number of hydrogen-bond donors (Lipinski definition) is 0. The van der Waals surface area contributed by atoms with Gasteiger partial charge in [0.05, 0.1) is 0 Å². The normalized spacial score (nSPS) is 12.0. The molecule has 0 amide bonds. The largest absolute Gasteiger partial charge is 0.287 e. The second-order valence-corrected chi connectivity index (χ2v) is 9.46. The van der Waals surface area contributed by atoms with Crippen molar-refractivity contribution in [3.05, 3.63) is 93.4 Å². The summed E-state index contributed by atoms with van der Waals surface area (Å²) in [4.78, 5) is 14.6. The van der Waals surface area contributed by atoms with Gasteiger partial charge in [-0.3, -0.25) is 4.79 Å². The first-order valence-corrected chi connectivity index (χ1v) is 11.0. The molecule has 0 bridgehead atoms. The molecule has 3 rings (SSSR count). The molecule has 0 radical (unpaired) electrons. The van der Waals surface area contributed by atoms with Crippen LogP contribution in [0.2, 0.25) is 15.1 Å². The fourth-order valence-corrected chi connectivity index (χ4v) is 4.83. The van der Waals surface area contributed by atoms with E-state index in [0.717, 1.165) is 15.4 Å². The summed E-state index contributed by atoms with van der Waals surface area (Å²) in [6.45, 7) is 0. The van der Waals surface area contributed by atoms with Crippen molar-refractivity contribution in [3.63, 3.8) is 0 Å². The molecule has 0 saturated heterocycles. The molecule has 1 atom stereocenters. The highest BCUT2D eigenvalue weighted by atomic mass is 35.5. The van der Waals surface area contributed by atoms with Gasteiger partial charge in [-0.2, -0.15) is 0 Å². The van der Waals surface area contributed by atoms with Gasteiger partial charge in [0.2, 0.25) is 0 Å². The minimum absolute atomic E-state index is 0.0178. The second kappa shape index (κ2) is 9.90. The Morgan fingerprint density at radius 2 is 1.15 bits per heavy atom. The van der Waals surface area contributed by atoms with E-state index in [9.17, 15) is 4.79 Å². The molecule has 1 unspecified atom stereocenters. The summed E-state index contributed by atoms with van der Waals surface area (Å²) in [6.07, 6.45) is 0.391. The van der Waals surface area contributed by atoms with Crippen molar-refractivity contribution >= 4 is 63.4 Å². The van der Waals surface area contributed by atoms with Crippen molar-refractivity contribution in [1.82, 2.24) is 0 Å². The van der Waals surface area contributed by atoms with Crippen LogP contribution in [0, 0.1) is 0 Å². The summed E-state index contributed by atoms with van der Waals surface area (Å²) in [5.74, 6) is 0. The lowest BCUT2D eigenvalue weighted by Crippen LogP contribution is -2.01. The molecule has 0 spiro atoms. The third kappa shape index (κ3) is 6.48. The topological polar surface area (TPSA) is 17.1 Å². The van der Waals surface area contributed by atoms with Crippen molar-refractivity contribution in [3.8, 4) is 0 Å². The highest BCUT2D eigenvalue weighted by molar-refractivity contribution is 8.13. The van der Waals surface area contributed by atoms with Crippen molar-refractivity contribution in [2.75, 3.05) is 0 Å². The van der Waals surface area contributed by atoms with Crippen molar-refractivity contribution in [2.24, 2.45) is 0 Å². The molecule has 3 aromatic carbocycles. The minimum Gasteiger partial charge on any atom is -0.287 e. The lowest BCUT2D eigenvalue weighted by atomic mass is 10.1. The van der Waals surface area contributed by atoms with E-state index in [1.54, 1.807) is 23.9 Å². The van der Waals surface area contributed by atoms with Gasteiger partial charge >= 0.3 is 0 Å². The first-order chi connectivity index (χ1) is 13.0. The van der Waals surface area contributed by atoms with Crippen LogP contribution in [0.15, 0.2) is 82.6 Å². The van der Waals surface area contributed by atoms with Gasteiger partial charge in [0, 0.05) is 36.5 Å². The van der Waals surface area contributed by atoms with Gasteiger partial charge in [0.1, 0.15) is 0 Å². The molecule has 1 nitrogen and oxygen atoms in total. The molecule has 0 aliphatic rings. The molecule has 0 aliphatic carbocycles. The maximum absolute atomic E-state index is 12.7. The summed E-state index contributed by atoms with van der Waals surface area (Å²) in [5, 5.41) is 2.10. The molecule has 0 aliphatic heterocycles. The SMILES string of the molecule is O=C(CC(Sc1ccc(Cl)cc1)c1ccc(Cl)cc1)Sc1ccc(Cl)cc1. The number of carbonyl (C=O) groups is 1. The Bertz CT molecular complexity index is 894. The fourth-order valence-electron chi connectivity index (χ4n) is 2.41. The zero-order chi connectivity index (χ0) is 19.2. The summed E-state index contributed by atoms with van der Waals surface area (Å²) in [5.41, 5.74) is 1.06. The Morgan fingerprint density at radius 1 is 0.704 bits per heavy atom. The maximum Gasteiger partial charge on any atom is 0.195 e. The van der Waals surface area contributed by atoms with Crippen LogP contribution in [-0.4, -0.2) is 5.12 Å². The third-order valence-electron chi connectivity index (χ3n) is 3.73. The van der Waals surface area contributed by atoms with E-state index in [-0.39, 0.29) is 10.4 Å². The molecule has 138 valence electrons. The summed E-state index contributed by atoms with van der Waals surface area (Å²) < 4.78 is 0. The van der Waals surface area contributed by atoms with Crippen LogP contribution in [0.1, 0.15) is 17.2 Å². The van der Waals surface area contributed by atoms with E-state index in [4.69, 9.17) is 34.8 Å². The van der Waals surface area contributed by atoms with Crippen LogP contribution in [0.25, 0.3) is 0 Å². The Labute approximate surface area is 182 Å². The minimum atomic E-state index is -0.0178. The highest BCUT2D eigenvalue weighted by Gasteiger charge is 2.19. The second-order valence-electron chi connectivity index (χ2n) is 5.74. The Balaban J connectivity index is 1.76. The molecule has 0 saturated carbocycles. The van der Waals surface area contributed by atoms with E-state index in [0.29, 0.717) is 21.5 Å². The molecule has 3 aromatic rings. The molecule has 6 heteroatoms. The number of hydrogen-bond acceptors (Lipinski definition) is 3. The van der Waals surface area contributed by atoms with E-state index < -0.39 is 0 Å². The molecule has 0 heterocycles. The molecule has 0 aromatic heterocycles. The summed E-state index contributed by atoms with van der Waals surface area (Å²) in [6, 6.07) is 22.6.